The number of halogens is 1. The predicted molar refractivity (Wildman–Crippen MR) is 88.6 cm³/mol. The molecule has 5 heteroatoms. The largest absolute Gasteiger partial charge is 0.486 e. The van der Waals surface area contributed by atoms with Gasteiger partial charge in [-0.05, 0) is 35.7 Å². The van der Waals surface area contributed by atoms with Crippen molar-refractivity contribution in [1.29, 1.82) is 0 Å². The lowest BCUT2D eigenvalue weighted by molar-refractivity contribution is -0.130. The highest BCUT2D eigenvalue weighted by Crippen LogP contribution is 2.31. The number of carbonyl (C=O) groups is 1. The van der Waals surface area contributed by atoms with Crippen LogP contribution in [-0.2, 0) is 17.8 Å². The molecule has 0 unspecified atom stereocenters. The van der Waals surface area contributed by atoms with Crippen molar-refractivity contribution >= 4 is 5.91 Å². The van der Waals surface area contributed by atoms with Crippen LogP contribution in [0.4, 0.5) is 4.39 Å². The number of hydrogen-bond acceptors (Lipinski definition) is 3. The average Bonchev–Trinajstić information content (AvgIpc) is 2.60. The molecule has 2 aromatic rings. The van der Waals surface area contributed by atoms with E-state index in [1.807, 2.05) is 18.2 Å². The number of benzene rings is 2. The molecule has 0 N–H and O–H groups in total. The van der Waals surface area contributed by atoms with Crippen LogP contribution in [0.5, 0.6) is 11.5 Å². The van der Waals surface area contributed by atoms with E-state index in [9.17, 15) is 9.18 Å². The van der Waals surface area contributed by atoms with Crippen molar-refractivity contribution < 1.29 is 18.7 Å². The molecule has 1 aliphatic heterocycles. The molecule has 0 fully saturated rings. The van der Waals surface area contributed by atoms with Crippen LogP contribution in [0, 0.1) is 5.82 Å². The summed E-state index contributed by atoms with van der Waals surface area (Å²) < 4.78 is 24.6. The number of hydrogen-bond donors (Lipinski definition) is 0. The van der Waals surface area contributed by atoms with E-state index in [1.54, 1.807) is 30.1 Å². The van der Waals surface area contributed by atoms with Gasteiger partial charge in [-0.1, -0.05) is 24.3 Å². The highest BCUT2D eigenvalue weighted by Gasteiger charge is 2.15. The van der Waals surface area contributed by atoms with Gasteiger partial charge in [0.2, 0.25) is 5.91 Å². The summed E-state index contributed by atoms with van der Waals surface area (Å²) >= 11 is 0. The van der Waals surface area contributed by atoms with Gasteiger partial charge in [-0.2, -0.15) is 0 Å². The van der Waals surface area contributed by atoms with Crippen LogP contribution in [0.25, 0.3) is 0 Å². The van der Waals surface area contributed by atoms with Crippen LogP contribution >= 0.6 is 0 Å². The summed E-state index contributed by atoms with van der Waals surface area (Å²) in [5, 5.41) is 0. The first kappa shape index (κ1) is 16.3. The molecule has 2 aromatic carbocycles. The highest BCUT2D eigenvalue weighted by molar-refractivity contribution is 5.76. The molecule has 0 spiro atoms. The van der Waals surface area contributed by atoms with Crippen LogP contribution in [0.1, 0.15) is 17.5 Å². The summed E-state index contributed by atoms with van der Waals surface area (Å²) in [5.41, 5.74) is 1.54. The first-order chi connectivity index (χ1) is 11.6. The Hall–Kier alpha value is -2.56. The maximum Gasteiger partial charge on any atom is 0.222 e. The van der Waals surface area contributed by atoms with Crippen LogP contribution in [0.3, 0.4) is 0 Å². The molecule has 1 amide bonds. The normalized spacial score (nSPS) is 12.8. The maximum atomic E-state index is 13.6. The second-order valence-corrected chi connectivity index (χ2v) is 5.82. The van der Waals surface area contributed by atoms with Gasteiger partial charge in [0.25, 0.3) is 0 Å². The minimum absolute atomic E-state index is 0.0202. The second-order valence-electron chi connectivity index (χ2n) is 5.82. The molecule has 0 bridgehead atoms. The topological polar surface area (TPSA) is 38.8 Å². The molecule has 0 radical (unpaired) electrons. The first-order valence-corrected chi connectivity index (χ1v) is 7.99. The van der Waals surface area contributed by atoms with E-state index in [4.69, 9.17) is 9.47 Å². The van der Waals surface area contributed by atoms with Crippen molar-refractivity contribution in [3.05, 3.63) is 59.4 Å². The molecule has 3 rings (SSSR count). The number of carbonyl (C=O) groups excluding carboxylic acids is 1. The first-order valence-electron chi connectivity index (χ1n) is 7.99. The zero-order valence-electron chi connectivity index (χ0n) is 13.6. The summed E-state index contributed by atoms with van der Waals surface area (Å²) in [6.45, 7) is 1.57. The third-order valence-electron chi connectivity index (χ3n) is 4.02. The van der Waals surface area contributed by atoms with Gasteiger partial charge in [-0.25, -0.2) is 4.39 Å². The Morgan fingerprint density at radius 3 is 2.67 bits per heavy atom. The SMILES string of the molecule is CN(Cc1ccc2c(c1)OCCO2)C(=O)CCc1ccccc1F. The van der Waals surface area contributed by atoms with Crippen molar-refractivity contribution in [3.63, 3.8) is 0 Å². The smallest absolute Gasteiger partial charge is 0.222 e. The minimum atomic E-state index is -0.264. The molecule has 1 aliphatic rings. The van der Waals surface area contributed by atoms with E-state index >= 15 is 0 Å². The fourth-order valence-electron chi connectivity index (χ4n) is 2.68. The number of amides is 1. The summed E-state index contributed by atoms with van der Waals surface area (Å²) in [7, 11) is 1.75. The van der Waals surface area contributed by atoms with Crippen molar-refractivity contribution in [2.75, 3.05) is 20.3 Å². The summed E-state index contributed by atoms with van der Waals surface area (Å²) in [4.78, 5) is 13.9. The summed E-state index contributed by atoms with van der Waals surface area (Å²) in [6, 6.07) is 12.2. The Labute approximate surface area is 140 Å². The van der Waals surface area contributed by atoms with E-state index in [-0.39, 0.29) is 18.1 Å². The van der Waals surface area contributed by atoms with E-state index in [0.717, 1.165) is 11.3 Å². The van der Waals surface area contributed by atoms with Crippen LogP contribution in [-0.4, -0.2) is 31.1 Å². The fourth-order valence-corrected chi connectivity index (χ4v) is 2.68. The molecule has 0 atom stereocenters. The van der Waals surface area contributed by atoms with Gasteiger partial charge in [-0.15, -0.1) is 0 Å². The predicted octanol–water partition coefficient (Wildman–Crippen LogP) is 3.19. The molecule has 4 nitrogen and oxygen atoms in total. The number of nitrogens with zero attached hydrogens (tertiary/aromatic N) is 1. The number of rotatable bonds is 5. The average molecular weight is 329 g/mol. The van der Waals surface area contributed by atoms with E-state index < -0.39 is 0 Å². The minimum Gasteiger partial charge on any atom is -0.486 e. The van der Waals surface area contributed by atoms with Crippen molar-refractivity contribution in [2.45, 2.75) is 19.4 Å². The molecule has 1 heterocycles. The Morgan fingerprint density at radius 2 is 1.88 bits per heavy atom. The van der Waals surface area contributed by atoms with Gasteiger partial charge in [-0.3, -0.25) is 4.79 Å². The molecule has 0 aliphatic carbocycles. The Bertz CT molecular complexity index is 732. The second kappa shape index (κ2) is 7.34. The Balaban J connectivity index is 1.57. The molecule has 24 heavy (non-hydrogen) atoms. The highest BCUT2D eigenvalue weighted by atomic mass is 19.1. The number of aryl methyl sites for hydroxylation is 1. The van der Waals surface area contributed by atoms with Gasteiger partial charge in [0.15, 0.2) is 11.5 Å². The van der Waals surface area contributed by atoms with Crippen molar-refractivity contribution in [3.8, 4) is 11.5 Å². The van der Waals surface area contributed by atoms with Gasteiger partial charge in [0, 0.05) is 20.0 Å². The fraction of sp³-hybridized carbons (Fsp3) is 0.316. The number of fused-ring (bicyclic) bond motifs is 1. The zero-order chi connectivity index (χ0) is 16.9. The third kappa shape index (κ3) is 3.85. The Morgan fingerprint density at radius 1 is 1.12 bits per heavy atom. The van der Waals surface area contributed by atoms with E-state index in [2.05, 4.69) is 0 Å². The lowest BCUT2D eigenvalue weighted by Gasteiger charge is -2.21. The van der Waals surface area contributed by atoms with Crippen molar-refractivity contribution in [2.24, 2.45) is 0 Å². The molecule has 0 saturated carbocycles. The lowest BCUT2D eigenvalue weighted by atomic mass is 10.1. The summed E-state index contributed by atoms with van der Waals surface area (Å²) in [5.74, 6) is 1.16. The zero-order valence-corrected chi connectivity index (χ0v) is 13.6. The molecular formula is C19H20FNO3. The van der Waals surface area contributed by atoms with Crippen LogP contribution in [0.15, 0.2) is 42.5 Å². The summed E-state index contributed by atoms with van der Waals surface area (Å²) in [6.07, 6.45) is 0.680. The van der Waals surface area contributed by atoms with Crippen LogP contribution in [0.2, 0.25) is 0 Å². The van der Waals surface area contributed by atoms with E-state index in [1.165, 1.54) is 6.07 Å². The van der Waals surface area contributed by atoms with Gasteiger partial charge >= 0.3 is 0 Å². The lowest BCUT2D eigenvalue weighted by Crippen LogP contribution is -2.26. The quantitative estimate of drug-likeness (QED) is 0.846. The van der Waals surface area contributed by atoms with Crippen LogP contribution < -0.4 is 9.47 Å². The number of ether oxygens (including phenoxy) is 2. The van der Waals surface area contributed by atoms with Crippen molar-refractivity contribution in [1.82, 2.24) is 4.90 Å². The maximum absolute atomic E-state index is 13.6. The van der Waals surface area contributed by atoms with Gasteiger partial charge in [0.1, 0.15) is 19.0 Å². The third-order valence-corrected chi connectivity index (χ3v) is 4.02. The molecule has 126 valence electrons. The molecule has 0 aromatic heterocycles. The monoisotopic (exact) mass is 329 g/mol. The Kier molecular flexibility index (Phi) is 4.99. The molecule has 0 saturated heterocycles. The van der Waals surface area contributed by atoms with Gasteiger partial charge in [0.05, 0.1) is 0 Å². The van der Waals surface area contributed by atoms with Gasteiger partial charge < -0.3 is 14.4 Å². The molecular weight excluding hydrogens is 309 g/mol. The van der Waals surface area contributed by atoms with E-state index in [0.29, 0.717) is 37.5 Å². The standard InChI is InChI=1S/C19H20FNO3/c1-21(19(22)9-7-15-4-2-3-5-16(15)20)13-14-6-8-17-18(12-14)24-11-10-23-17/h2-6,8,12H,7,9-11,13H2,1H3.